The number of nitrogens with zero attached hydrogens (tertiary/aromatic N) is 2. The topological polar surface area (TPSA) is 121 Å². The molecule has 0 amide bonds. The molecule has 0 aliphatic heterocycles. The number of carbonyl (C=O) groups excluding carboxylic acids is 1. The molecule has 0 aromatic heterocycles. The third kappa shape index (κ3) is 3.55. The van der Waals surface area contributed by atoms with Crippen molar-refractivity contribution in [2.24, 2.45) is 0 Å². The number of nitro groups is 1. The van der Waals surface area contributed by atoms with E-state index in [1.165, 1.54) is 24.3 Å². The van der Waals surface area contributed by atoms with Crippen molar-refractivity contribution in [3.05, 3.63) is 39.9 Å². The predicted octanol–water partition coefficient (Wildman–Crippen LogP) is -0.556. The van der Waals surface area contributed by atoms with Crippen LogP contribution in [0.3, 0.4) is 0 Å². The predicted molar refractivity (Wildman–Crippen MR) is 63.8 cm³/mol. The minimum absolute atomic E-state index is 0.135. The molecule has 19 heavy (non-hydrogen) atoms. The van der Waals surface area contributed by atoms with E-state index >= 15 is 0 Å². The molecule has 8 nitrogen and oxygen atoms in total. The number of benzene rings is 1. The molecule has 1 aromatic rings. The zero-order valence-electron chi connectivity index (χ0n) is 10.1. The zero-order chi connectivity index (χ0) is 14.5. The van der Waals surface area contributed by atoms with Gasteiger partial charge in [0.15, 0.2) is 20.2 Å². The summed E-state index contributed by atoms with van der Waals surface area (Å²) >= 11 is 0. The van der Waals surface area contributed by atoms with Gasteiger partial charge in [0.05, 0.1) is 4.92 Å². The van der Waals surface area contributed by atoms with Gasteiger partial charge in [0, 0.05) is 17.7 Å². The van der Waals surface area contributed by atoms with E-state index in [1.54, 1.807) is 0 Å². The van der Waals surface area contributed by atoms with Gasteiger partial charge in [-0.05, 0) is 12.1 Å². The Morgan fingerprint density at radius 3 is 1.95 bits per heavy atom. The Bertz CT molecular complexity index is 446. The molecule has 0 spiro atoms. The highest BCUT2D eigenvalue weighted by molar-refractivity contribution is 5.97. The highest BCUT2D eigenvalue weighted by Crippen LogP contribution is 2.14. The van der Waals surface area contributed by atoms with Crippen LogP contribution >= 0.6 is 0 Å². The summed E-state index contributed by atoms with van der Waals surface area (Å²) in [5, 5.41) is 37.8. The van der Waals surface area contributed by atoms with Crippen molar-refractivity contribution < 1.29 is 29.5 Å². The third-order valence-corrected chi connectivity index (χ3v) is 2.78. The van der Waals surface area contributed by atoms with Crippen LogP contribution in [0, 0.1) is 10.1 Å². The first-order chi connectivity index (χ1) is 8.98. The van der Waals surface area contributed by atoms with Gasteiger partial charge in [0.2, 0.25) is 5.78 Å². The molecule has 0 saturated carbocycles. The average Bonchev–Trinajstić information content (AvgIpc) is 2.45. The monoisotopic (exact) mass is 271 g/mol. The molecule has 0 aliphatic rings. The maximum Gasteiger partial charge on any atom is 0.269 e. The van der Waals surface area contributed by atoms with Gasteiger partial charge in [0.1, 0.15) is 6.54 Å². The van der Waals surface area contributed by atoms with Crippen LogP contribution in [0.1, 0.15) is 10.4 Å². The SMILES string of the molecule is O=C(C[N+](CO)(CO)CO)c1ccc([N+](=O)[O-])cc1. The van der Waals surface area contributed by atoms with Crippen LogP contribution in [-0.2, 0) is 0 Å². The fraction of sp³-hybridized carbons (Fsp3) is 0.364. The van der Waals surface area contributed by atoms with Crippen LogP contribution in [-0.4, -0.2) is 57.2 Å². The lowest BCUT2D eigenvalue weighted by molar-refractivity contribution is -0.969. The molecule has 0 fully saturated rings. The average molecular weight is 271 g/mol. The molecule has 8 heteroatoms. The van der Waals surface area contributed by atoms with Crippen LogP contribution in [0.4, 0.5) is 5.69 Å². The first kappa shape index (κ1) is 15.2. The minimum atomic E-state index is -0.592. The summed E-state index contributed by atoms with van der Waals surface area (Å²) in [5.74, 6) is -0.438. The van der Waals surface area contributed by atoms with Crippen molar-refractivity contribution in [2.75, 3.05) is 26.7 Å². The number of Topliss-reactive ketones (excluding diaryl/α,β-unsaturated/α-hetero) is 1. The summed E-state index contributed by atoms with van der Waals surface area (Å²) in [5.41, 5.74) is 0.0761. The van der Waals surface area contributed by atoms with Crippen molar-refractivity contribution in [1.29, 1.82) is 0 Å². The Kier molecular flexibility index (Phi) is 5.07. The van der Waals surface area contributed by atoms with E-state index in [1.807, 2.05) is 0 Å². The van der Waals surface area contributed by atoms with Crippen molar-refractivity contribution in [2.45, 2.75) is 0 Å². The molecule has 3 N–H and O–H groups in total. The Labute approximate surface area is 108 Å². The third-order valence-electron chi connectivity index (χ3n) is 2.78. The van der Waals surface area contributed by atoms with E-state index < -0.39 is 35.4 Å². The molecule has 0 radical (unpaired) electrons. The highest BCUT2D eigenvalue weighted by Gasteiger charge is 2.28. The van der Waals surface area contributed by atoms with Crippen LogP contribution in [0.25, 0.3) is 0 Å². The molecular weight excluding hydrogens is 256 g/mol. The normalized spacial score (nSPS) is 11.3. The summed E-state index contributed by atoms with van der Waals surface area (Å²) in [7, 11) is 0. The van der Waals surface area contributed by atoms with Crippen molar-refractivity contribution in [1.82, 2.24) is 0 Å². The molecule has 104 valence electrons. The van der Waals surface area contributed by atoms with E-state index in [-0.39, 0.29) is 17.8 Å². The Morgan fingerprint density at radius 1 is 1.11 bits per heavy atom. The van der Waals surface area contributed by atoms with Crippen molar-refractivity contribution >= 4 is 11.5 Å². The number of non-ortho nitro benzene ring substituents is 1. The number of aliphatic hydroxyl groups excluding tert-OH is 3. The molecule has 0 heterocycles. The number of rotatable bonds is 7. The second-order valence-corrected chi connectivity index (χ2v) is 4.15. The molecule has 0 bridgehead atoms. The Hall–Kier alpha value is -1.87. The lowest BCUT2D eigenvalue weighted by atomic mass is 10.1. The second kappa shape index (κ2) is 6.34. The van der Waals surface area contributed by atoms with E-state index in [2.05, 4.69) is 0 Å². The van der Waals surface area contributed by atoms with E-state index in [0.29, 0.717) is 0 Å². The summed E-state index contributed by atoms with van der Waals surface area (Å²) < 4.78 is -0.587. The summed E-state index contributed by atoms with van der Waals surface area (Å²) in [6.45, 7) is -2.08. The zero-order valence-corrected chi connectivity index (χ0v) is 10.1. The lowest BCUT2D eigenvalue weighted by Crippen LogP contribution is -2.53. The van der Waals surface area contributed by atoms with E-state index in [0.717, 1.165) is 0 Å². The number of carbonyl (C=O) groups is 1. The van der Waals surface area contributed by atoms with Crippen molar-refractivity contribution in [3.63, 3.8) is 0 Å². The highest BCUT2D eigenvalue weighted by atomic mass is 16.6. The van der Waals surface area contributed by atoms with Gasteiger partial charge in [-0.25, -0.2) is 0 Å². The standard InChI is InChI=1S/C11H15N2O6/c14-6-13(7-15,8-16)5-11(17)9-1-3-10(4-2-9)12(18)19/h1-4,14-16H,5-8H2/q+1. The van der Waals surface area contributed by atoms with Crippen molar-refractivity contribution in [3.8, 4) is 0 Å². The molecule has 0 atom stereocenters. The molecule has 1 rings (SSSR count). The van der Waals surface area contributed by atoms with Crippen LogP contribution in [0.5, 0.6) is 0 Å². The van der Waals surface area contributed by atoms with Gasteiger partial charge in [-0.15, -0.1) is 0 Å². The largest absolute Gasteiger partial charge is 0.347 e. The number of ketones is 1. The van der Waals surface area contributed by atoms with Gasteiger partial charge in [0.25, 0.3) is 5.69 Å². The van der Waals surface area contributed by atoms with Crippen LogP contribution in [0.15, 0.2) is 24.3 Å². The smallest absolute Gasteiger partial charge is 0.269 e. The summed E-state index contributed by atoms with van der Waals surface area (Å²) in [6.07, 6.45) is 0. The van der Waals surface area contributed by atoms with E-state index in [4.69, 9.17) is 15.3 Å². The fourth-order valence-corrected chi connectivity index (χ4v) is 1.45. The summed E-state index contributed by atoms with van der Waals surface area (Å²) in [4.78, 5) is 21.8. The molecule has 1 aromatic carbocycles. The number of quaternary nitrogens is 1. The number of hydrogen-bond donors (Lipinski definition) is 3. The Morgan fingerprint density at radius 2 is 1.58 bits per heavy atom. The maximum absolute atomic E-state index is 11.9. The van der Waals surface area contributed by atoms with Gasteiger partial charge in [-0.2, -0.15) is 0 Å². The molecule has 0 unspecified atom stereocenters. The van der Waals surface area contributed by atoms with Gasteiger partial charge in [-0.3, -0.25) is 19.4 Å². The molecule has 0 aliphatic carbocycles. The molecule has 0 saturated heterocycles. The number of aliphatic hydroxyl groups is 3. The number of hydrogen-bond acceptors (Lipinski definition) is 6. The lowest BCUT2D eigenvalue weighted by Gasteiger charge is -2.30. The van der Waals surface area contributed by atoms with Gasteiger partial charge in [-0.1, -0.05) is 0 Å². The van der Waals surface area contributed by atoms with Crippen LogP contribution < -0.4 is 0 Å². The molecular formula is C11H15N2O6+. The van der Waals surface area contributed by atoms with Crippen LogP contribution in [0.2, 0.25) is 0 Å². The maximum atomic E-state index is 11.9. The quantitative estimate of drug-likeness (QED) is 0.201. The first-order valence-electron chi connectivity index (χ1n) is 5.43. The second-order valence-electron chi connectivity index (χ2n) is 4.15. The first-order valence-corrected chi connectivity index (χ1v) is 5.43. The summed E-state index contributed by atoms with van der Waals surface area (Å²) in [6, 6.07) is 4.97. The van der Waals surface area contributed by atoms with Gasteiger partial charge >= 0.3 is 0 Å². The van der Waals surface area contributed by atoms with Gasteiger partial charge < -0.3 is 15.3 Å². The number of nitro benzene ring substituents is 1. The van der Waals surface area contributed by atoms with E-state index in [9.17, 15) is 14.9 Å². The minimum Gasteiger partial charge on any atom is -0.347 e. The fourth-order valence-electron chi connectivity index (χ4n) is 1.45. The Balaban J connectivity index is 2.86.